The van der Waals surface area contributed by atoms with Crippen molar-refractivity contribution in [3.63, 3.8) is 0 Å². The lowest BCUT2D eigenvalue weighted by Crippen LogP contribution is -2.01. The summed E-state index contributed by atoms with van der Waals surface area (Å²) in [6, 6.07) is 11.5. The summed E-state index contributed by atoms with van der Waals surface area (Å²) in [6.45, 7) is 4.64. The second-order valence-electron chi connectivity index (χ2n) is 4.67. The summed E-state index contributed by atoms with van der Waals surface area (Å²) in [5.74, 6) is 1.17. The van der Waals surface area contributed by atoms with Crippen LogP contribution in [-0.2, 0) is 6.54 Å². The molecule has 0 aliphatic heterocycles. The van der Waals surface area contributed by atoms with Gasteiger partial charge < -0.3 is 15.2 Å². The molecule has 0 aliphatic rings. The van der Waals surface area contributed by atoms with Gasteiger partial charge in [0, 0.05) is 17.8 Å². The molecule has 0 amide bonds. The first-order valence-electron chi connectivity index (χ1n) is 6.27. The molecule has 0 spiro atoms. The molecule has 0 heterocycles. The first kappa shape index (κ1) is 13.3. The Morgan fingerprint density at radius 3 is 2.58 bits per heavy atom. The van der Waals surface area contributed by atoms with Gasteiger partial charge in [-0.25, -0.2) is 0 Å². The molecular formula is C16H19NO2. The zero-order valence-corrected chi connectivity index (χ0v) is 11.5. The van der Waals surface area contributed by atoms with E-state index < -0.39 is 0 Å². The number of aryl methyl sites for hydroxylation is 2. The molecule has 3 heteroatoms. The van der Waals surface area contributed by atoms with Gasteiger partial charge in [-0.15, -0.1) is 0 Å². The number of anilines is 1. The van der Waals surface area contributed by atoms with Crippen LogP contribution in [-0.4, -0.2) is 12.2 Å². The fourth-order valence-corrected chi connectivity index (χ4v) is 2.01. The van der Waals surface area contributed by atoms with Crippen LogP contribution in [0.1, 0.15) is 16.7 Å². The smallest absolute Gasteiger partial charge is 0.120 e. The molecule has 0 unspecified atom stereocenters. The predicted octanol–water partition coefficient (Wildman–Crippen LogP) is 3.63. The van der Waals surface area contributed by atoms with Crippen LogP contribution in [0.25, 0.3) is 0 Å². The van der Waals surface area contributed by atoms with Crippen LogP contribution < -0.4 is 10.1 Å². The lowest BCUT2D eigenvalue weighted by atomic mass is 10.1. The number of aromatic hydroxyl groups is 1. The molecule has 2 aromatic rings. The lowest BCUT2D eigenvalue weighted by molar-refractivity contribution is 0.414. The van der Waals surface area contributed by atoms with Crippen molar-refractivity contribution in [1.82, 2.24) is 0 Å². The summed E-state index contributed by atoms with van der Waals surface area (Å²) >= 11 is 0. The monoisotopic (exact) mass is 257 g/mol. The Morgan fingerprint density at radius 1 is 1.11 bits per heavy atom. The number of ether oxygens (including phenoxy) is 1. The van der Waals surface area contributed by atoms with Gasteiger partial charge in [-0.3, -0.25) is 0 Å². The standard InChI is InChI=1S/C16H19NO2/c1-11-4-7-16(18)13(8-11)10-17-15-6-5-14(19-3)9-12(15)2/h4-9,17-18H,10H2,1-3H3. The second-order valence-corrected chi connectivity index (χ2v) is 4.67. The number of methoxy groups -OCH3 is 1. The van der Waals surface area contributed by atoms with Crippen LogP contribution in [0.15, 0.2) is 36.4 Å². The van der Waals surface area contributed by atoms with Gasteiger partial charge in [0.25, 0.3) is 0 Å². The van der Waals surface area contributed by atoms with E-state index in [0.717, 1.165) is 28.1 Å². The van der Waals surface area contributed by atoms with Gasteiger partial charge in [-0.1, -0.05) is 17.7 Å². The maximum absolute atomic E-state index is 9.80. The minimum atomic E-state index is 0.323. The summed E-state index contributed by atoms with van der Waals surface area (Å²) in [7, 11) is 1.66. The number of hydrogen-bond acceptors (Lipinski definition) is 3. The molecule has 100 valence electrons. The van der Waals surface area contributed by atoms with Gasteiger partial charge in [-0.2, -0.15) is 0 Å². The number of rotatable bonds is 4. The summed E-state index contributed by atoms with van der Waals surface area (Å²) in [6.07, 6.45) is 0. The third-order valence-electron chi connectivity index (χ3n) is 3.14. The molecule has 0 aliphatic carbocycles. The van der Waals surface area contributed by atoms with E-state index in [1.807, 2.05) is 44.2 Å². The minimum absolute atomic E-state index is 0.323. The highest BCUT2D eigenvalue weighted by Crippen LogP contribution is 2.23. The van der Waals surface area contributed by atoms with Crippen LogP contribution in [0.5, 0.6) is 11.5 Å². The molecule has 2 N–H and O–H groups in total. The maximum Gasteiger partial charge on any atom is 0.120 e. The van der Waals surface area contributed by atoms with Gasteiger partial charge in [0.1, 0.15) is 11.5 Å². The normalized spacial score (nSPS) is 10.3. The van der Waals surface area contributed by atoms with E-state index in [9.17, 15) is 5.11 Å². The molecule has 19 heavy (non-hydrogen) atoms. The number of nitrogens with one attached hydrogen (secondary N) is 1. The fraction of sp³-hybridized carbons (Fsp3) is 0.250. The molecule has 0 saturated heterocycles. The highest BCUT2D eigenvalue weighted by Gasteiger charge is 2.03. The molecular weight excluding hydrogens is 238 g/mol. The van der Waals surface area contributed by atoms with E-state index in [1.165, 1.54) is 0 Å². The van der Waals surface area contributed by atoms with Crippen molar-refractivity contribution in [1.29, 1.82) is 0 Å². The third kappa shape index (κ3) is 3.19. The second kappa shape index (κ2) is 5.65. The first-order valence-corrected chi connectivity index (χ1v) is 6.27. The number of hydrogen-bond donors (Lipinski definition) is 2. The van der Waals surface area contributed by atoms with Gasteiger partial charge in [0.15, 0.2) is 0 Å². The minimum Gasteiger partial charge on any atom is -0.508 e. The van der Waals surface area contributed by atoms with Crippen LogP contribution >= 0.6 is 0 Å². The quantitative estimate of drug-likeness (QED) is 0.878. The summed E-state index contributed by atoms with van der Waals surface area (Å²) < 4.78 is 5.18. The fourth-order valence-electron chi connectivity index (χ4n) is 2.01. The van der Waals surface area contributed by atoms with Crippen molar-refractivity contribution in [2.75, 3.05) is 12.4 Å². The highest BCUT2D eigenvalue weighted by molar-refractivity contribution is 5.54. The van der Waals surface area contributed by atoms with Crippen molar-refractivity contribution in [2.24, 2.45) is 0 Å². The Kier molecular flexibility index (Phi) is 3.95. The molecule has 0 aromatic heterocycles. The summed E-state index contributed by atoms with van der Waals surface area (Å²) in [5.41, 5.74) is 4.20. The summed E-state index contributed by atoms with van der Waals surface area (Å²) in [5, 5.41) is 13.1. The molecule has 2 aromatic carbocycles. The Hall–Kier alpha value is -2.16. The van der Waals surface area contributed by atoms with Crippen molar-refractivity contribution in [2.45, 2.75) is 20.4 Å². The van der Waals surface area contributed by atoms with Crippen molar-refractivity contribution in [3.05, 3.63) is 53.1 Å². The van der Waals surface area contributed by atoms with E-state index in [0.29, 0.717) is 12.3 Å². The molecule has 3 nitrogen and oxygen atoms in total. The van der Waals surface area contributed by atoms with E-state index in [2.05, 4.69) is 5.32 Å². The largest absolute Gasteiger partial charge is 0.508 e. The maximum atomic E-state index is 9.80. The first-order chi connectivity index (χ1) is 9.10. The highest BCUT2D eigenvalue weighted by atomic mass is 16.5. The SMILES string of the molecule is COc1ccc(NCc2cc(C)ccc2O)c(C)c1. The average Bonchev–Trinajstić information content (AvgIpc) is 2.40. The van der Waals surface area contributed by atoms with Gasteiger partial charge in [0.05, 0.1) is 7.11 Å². The van der Waals surface area contributed by atoms with Crippen molar-refractivity contribution < 1.29 is 9.84 Å². The average molecular weight is 257 g/mol. The zero-order chi connectivity index (χ0) is 13.8. The van der Waals surface area contributed by atoms with Crippen LogP contribution in [0, 0.1) is 13.8 Å². The Bertz CT molecular complexity index is 579. The van der Waals surface area contributed by atoms with Gasteiger partial charge >= 0.3 is 0 Å². The van der Waals surface area contributed by atoms with E-state index >= 15 is 0 Å². The summed E-state index contributed by atoms with van der Waals surface area (Å²) in [4.78, 5) is 0. The van der Waals surface area contributed by atoms with E-state index in [1.54, 1.807) is 13.2 Å². The van der Waals surface area contributed by atoms with Crippen LogP contribution in [0.3, 0.4) is 0 Å². The molecule has 0 bridgehead atoms. The molecule has 0 fully saturated rings. The van der Waals surface area contributed by atoms with Crippen LogP contribution in [0.2, 0.25) is 0 Å². The topological polar surface area (TPSA) is 41.5 Å². The Balaban J connectivity index is 2.12. The lowest BCUT2D eigenvalue weighted by Gasteiger charge is -2.12. The third-order valence-corrected chi connectivity index (χ3v) is 3.14. The van der Waals surface area contributed by atoms with Crippen molar-refractivity contribution in [3.8, 4) is 11.5 Å². The predicted molar refractivity (Wildman–Crippen MR) is 77.9 cm³/mol. The van der Waals surface area contributed by atoms with Gasteiger partial charge in [0.2, 0.25) is 0 Å². The zero-order valence-electron chi connectivity index (χ0n) is 11.5. The number of phenols is 1. The van der Waals surface area contributed by atoms with E-state index in [4.69, 9.17) is 4.74 Å². The van der Waals surface area contributed by atoms with Crippen LogP contribution in [0.4, 0.5) is 5.69 Å². The number of phenolic OH excluding ortho intramolecular Hbond substituents is 1. The van der Waals surface area contributed by atoms with Gasteiger partial charge in [-0.05, 0) is 43.7 Å². The molecule has 2 rings (SSSR count). The molecule has 0 atom stereocenters. The number of benzene rings is 2. The molecule has 0 saturated carbocycles. The van der Waals surface area contributed by atoms with Crippen molar-refractivity contribution >= 4 is 5.69 Å². The Labute approximate surface area is 113 Å². The molecule has 0 radical (unpaired) electrons. The van der Waals surface area contributed by atoms with E-state index in [-0.39, 0.29) is 0 Å². The Morgan fingerprint density at radius 2 is 1.89 bits per heavy atom.